The van der Waals surface area contributed by atoms with Gasteiger partial charge in [-0.15, -0.1) is 0 Å². The molecule has 0 spiro atoms. The Hall–Kier alpha value is -1.42. The van der Waals surface area contributed by atoms with Crippen LogP contribution >= 0.6 is 0 Å². The van der Waals surface area contributed by atoms with Gasteiger partial charge in [0.25, 0.3) is 0 Å². The fourth-order valence-corrected chi connectivity index (χ4v) is 2.28. The summed E-state index contributed by atoms with van der Waals surface area (Å²) in [5.41, 5.74) is 3.10. The van der Waals surface area contributed by atoms with E-state index < -0.39 is 0 Å². The second kappa shape index (κ2) is 6.15. The van der Waals surface area contributed by atoms with Crippen molar-refractivity contribution < 1.29 is 9.47 Å². The van der Waals surface area contributed by atoms with Crippen LogP contribution in [0.1, 0.15) is 25.0 Å². The minimum Gasteiger partial charge on any atom is -0.496 e. The molecule has 0 aliphatic carbocycles. The number of methoxy groups -OCH3 is 2. The molecule has 0 atom stereocenters. The molecule has 4 heteroatoms. The highest BCUT2D eigenvalue weighted by Gasteiger charge is 2.21. The minimum absolute atomic E-state index is 0.0747. The van der Waals surface area contributed by atoms with Crippen LogP contribution < -0.4 is 20.1 Å². The van der Waals surface area contributed by atoms with Crippen LogP contribution in [-0.4, -0.2) is 33.4 Å². The summed E-state index contributed by atoms with van der Waals surface area (Å²) in [7, 11) is 5.34. The first-order valence-electron chi connectivity index (χ1n) is 6.51. The zero-order chi connectivity index (χ0) is 14.6. The number of benzene rings is 1. The molecule has 4 nitrogen and oxygen atoms in total. The normalized spacial score (nSPS) is 11.3. The second-order valence-corrected chi connectivity index (χ2v) is 5.45. The third-order valence-electron chi connectivity index (χ3n) is 3.31. The van der Waals surface area contributed by atoms with E-state index in [0.29, 0.717) is 0 Å². The van der Waals surface area contributed by atoms with E-state index in [1.54, 1.807) is 14.2 Å². The molecule has 0 aliphatic heterocycles. The van der Waals surface area contributed by atoms with E-state index in [1.165, 1.54) is 0 Å². The van der Waals surface area contributed by atoms with Gasteiger partial charge in [-0.05, 0) is 45.9 Å². The summed E-state index contributed by atoms with van der Waals surface area (Å²) >= 11 is 0. The SMILES string of the molecule is CNCC(C)(C)Nc1cc(OC)c(C)c(C)c1OC. The predicted molar refractivity (Wildman–Crippen MR) is 80.6 cm³/mol. The number of anilines is 1. The number of rotatable bonds is 6. The van der Waals surface area contributed by atoms with Crippen molar-refractivity contribution in [3.8, 4) is 11.5 Å². The molecule has 0 bridgehead atoms. The minimum atomic E-state index is -0.0747. The summed E-state index contributed by atoms with van der Waals surface area (Å²) in [4.78, 5) is 0. The van der Waals surface area contributed by atoms with Crippen molar-refractivity contribution in [1.82, 2.24) is 5.32 Å². The Kier molecular flexibility index (Phi) is 5.06. The van der Waals surface area contributed by atoms with Crippen LogP contribution in [0.4, 0.5) is 5.69 Å². The summed E-state index contributed by atoms with van der Waals surface area (Å²) in [5.74, 6) is 1.75. The molecule has 1 rings (SSSR count). The summed E-state index contributed by atoms with van der Waals surface area (Å²) < 4.78 is 11.0. The fraction of sp³-hybridized carbons (Fsp3) is 0.600. The Morgan fingerprint density at radius 1 is 1.11 bits per heavy atom. The first-order valence-corrected chi connectivity index (χ1v) is 6.51. The quantitative estimate of drug-likeness (QED) is 0.831. The van der Waals surface area contributed by atoms with Gasteiger partial charge in [0.1, 0.15) is 11.5 Å². The third kappa shape index (κ3) is 3.53. The molecule has 0 amide bonds. The van der Waals surface area contributed by atoms with Crippen LogP contribution in [0.3, 0.4) is 0 Å². The summed E-state index contributed by atoms with van der Waals surface area (Å²) in [6.45, 7) is 9.23. The number of hydrogen-bond donors (Lipinski definition) is 2. The molecule has 1 aromatic carbocycles. The lowest BCUT2D eigenvalue weighted by Crippen LogP contribution is -2.40. The second-order valence-electron chi connectivity index (χ2n) is 5.45. The maximum absolute atomic E-state index is 5.54. The van der Waals surface area contributed by atoms with E-state index in [1.807, 2.05) is 27.0 Å². The highest BCUT2D eigenvalue weighted by atomic mass is 16.5. The zero-order valence-corrected chi connectivity index (χ0v) is 13.1. The fourth-order valence-electron chi connectivity index (χ4n) is 2.28. The molecular formula is C15H26N2O2. The maximum atomic E-state index is 5.54. The van der Waals surface area contributed by atoms with E-state index >= 15 is 0 Å². The van der Waals surface area contributed by atoms with E-state index in [0.717, 1.165) is 34.9 Å². The molecule has 0 fully saturated rings. The Morgan fingerprint density at radius 2 is 1.74 bits per heavy atom. The largest absolute Gasteiger partial charge is 0.496 e. The summed E-state index contributed by atoms with van der Waals surface area (Å²) in [5, 5.41) is 6.70. The van der Waals surface area contributed by atoms with E-state index in [-0.39, 0.29) is 5.54 Å². The lowest BCUT2D eigenvalue weighted by atomic mass is 10.0. The van der Waals surface area contributed by atoms with Crippen LogP contribution in [0.5, 0.6) is 11.5 Å². The van der Waals surface area contributed by atoms with Crippen LogP contribution in [0.15, 0.2) is 6.07 Å². The average molecular weight is 266 g/mol. The van der Waals surface area contributed by atoms with Crippen LogP contribution in [0, 0.1) is 13.8 Å². The van der Waals surface area contributed by atoms with Crippen molar-refractivity contribution in [1.29, 1.82) is 0 Å². The molecule has 0 aromatic heterocycles. The number of ether oxygens (including phenoxy) is 2. The first-order chi connectivity index (χ1) is 8.86. The van der Waals surface area contributed by atoms with E-state index in [4.69, 9.17) is 9.47 Å². The number of nitrogens with one attached hydrogen (secondary N) is 2. The van der Waals surface area contributed by atoms with E-state index in [2.05, 4.69) is 24.5 Å². The molecule has 1 aromatic rings. The smallest absolute Gasteiger partial charge is 0.145 e. The number of likely N-dealkylation sites (N-methyl/N-ethyl adjacent to an activating group) is 1. The van der Waals surface area contributed by atoms with Crippen LogP contribution in [-0.2, 0) is 0 Å². The highest BCUT2D eigenvalue weighted by molar-refractivity contribution is 5.67. The standard InChI is InChI=1S/C15H26N2O2/c1-10-11(2)14(19-7)12(8-13(10)18-6)17-15(3,4)9-16-5/h8,16-17H,9H2,1-7H3. The van der Waals surface area contributed by atoms with Crippen molar-refractivity contribution in [3.63, 3.8) is 0 Å². The van der Waals surface area contributed by atoms with Gasteiger partial charge < -0.3 is 20.1 Å². The third-order valence-corrected chi connectivity index (χ3v) is 3.31. The molecule has 0 unspecified atom stereocenters. The Morgan fingerprint density at radius 3 is 2.21 bits per heavy atom. The average Bonchev–Trinajstić information content (AvgIpc) is 2.33. The monoisotopic (exact) mass is 266 g/mol. The van der Waals surface area contributed by atoms with Gasteiger partial charge in [-0.1, -0.05) is 0 Å². The predicted octanol–water partition coefficient (Wildman–Crippen LogP) is 2.73. The first kappa shape index (κ1) is 15.6. The lowest BCUT2D eigenvalue weighted by Gasteiger charge is -2.29. The zero-order valence-electron chi connectivity index (χ0n) is 13.1. The van der Waals surface area contributed by atoms with Gasteiger partial charge in [0, 0.05) is 18.2 Å². The molecule has 0 aliphatic rings. The summed E-state index contributed by atoms with van der Waals surface area (Å²) in [6.07, 6.45) is 0. The topological polar surface area (TPSA) is 42.5 Å². The highest BCUT2D eigenvalue weighted by Crippen LogP contribution is 2.38. The Labute approximate surface area is 116 Å². The van der Waals surface area contributed by atoms with Gasteiger partial charge in [-0.3, -0.25) is 0 Å². The van der Waals surface area contributed by atoms with Crippen molar-refractivity contribution in [3.05, 3.63) is 17.2 Å². The van der Waals surface area contributed by atoms with Gasteiger partial charge in [-0.25, -0.2) is 0 Å². The molecule has 108 valence electrons. The van der Waals surface area contributed by atoms with Crippen molar-refractivity contribution in [2.45, 2.75) is 33.2 Å². The maximum Gasteiger partial charge on any atom is 0.145 e. The molecule has 19 heavy (non-hydrogen) atoms. The van der Waals surface area contributed by atoms with Gasteiger partial charge in [0.05, 0.1) is 19.9 Å². The molecule has 0 radical (unpaired) electrons. The van der Waals surface area contributed by atoms with E-state index in [9.17, 15) is 0 Å². The van der Waals surface area contributed by atoms with Crippen molar-refractivity contribution >= 4 is 5.69 Å². The Bertz CT molecular complexity index is 442. The van der Waals surface area contributed by atoms with Gasteiger partial charge >= 0.3 is 0 Å². The molecule has 2 N–H and O–H groups in total. The summed E-state index contributed by atoms with van der Waals surface area (Å²) in [6, 6.07) is 2.00. The van der Waals surface area contributed by atoms with Crippen LogP contribution in [0.25, 0.3) is 0 Å². The van der Waals surface area contributed by atoms with Crippen LogP contribution in [0.2, 0.25) is 0 Å². The van der Waals surface area contributed by atoms with Gasteiger partial charge in [-0.2, -0.15) is 0 Å². The molecule has 0 saturated carbocycles. The molecular weight excluding hydrogens is 240 g/mol. The van der Waals surface area contributed by atoms with Crippen molar-refractivity contribution in [2.24, 2.45) is 0 Å². The lowest BCUT2D eigenvalue weighted by molar-refractivity contribution is 0.397. The van der Waals surface area contributed by atoms with Gasteiger partial charge in [0.15, 0.2) is 0 Å². The van der Waals surface area contributed by atoms with Gasteiger partial charge in [0.2, 0.25) is 0 Å². The molecule has 0 heterocycles. The molecule has 0 saturated heterocycles. The number of hydrogen-bond acceptors (Lipinski definition) is 4. The van der Waals surface area contributed by atoms with Crippen molar-refractivity contribution in [2.75, 3.05) is 33.1 Å². The Balaban J connectivity index is 3.22.